The van der Waals surface area contributed by atoms with Gasteiger partial charge in [0.15, 0.2) is 6.10 Å². The van der Waals surface area contributed by atoms with E-state index in [1.807, 2.05) is 0 Å². The largest absolute Gasteiger partial charge is 0.374 e. The molecule has 0 saturated carbocycles. The van der Waals surface area contributed by atoms with Gasteiger partial charge in [-0.2, -0.15) is 5.26 Å². The van der Waals surface area contributed by atoms with Gasteiger partial charge in [-0.15, -0.1) is 0 Å². The Labute approximate surface area is 102 Å². The topological polar surface area (TPSA) is 56.9 Å². The molecule has 0 aliphatic rings. The summed E-state index contributed by atoms with van der Waals surface area (Å²) in [5.41, 5.74) is 0.982. The van der Waals surface area contributed by atoms with Crippen LogP contribution in [0.25, 0.3) is 10.9 Å². The predicted molar refractivity (Wildman–Crippen MR) is 62.0 cm³/mol. The standard InChI is InChI=1S/C12H8ClFN2O/c1-6-10(9(17)5-15)12(13)11-7(14)3-2-4-8(11)16-6/h2-4,9,17H,1H3. The van der Waals surface area contributed by atoms with Gasteiger partial charge in [-0.3, -0.25) is 4.98 Å². The molecule has 17 heavy (non-hydrogen) atoms. The van der Waals surface area contributed by atoms with Gasteiger partial charge in [0.2, 0.25) is 0 Å². The second kappa shape index (κ2) is 4.28. The molecule has 0 amide bonds. The number of fused-ring (bicyclic) bond motifs is 1. The maximum absolute atomic E-state index is 13.6. The fourth-order valence-electron chi connectivity index (χ4n) is 1.74. The molecule has 1 N–H and O–H groups in total. The third-order valence-electron chi connectivity index (χ3n) is 2.52. The molecule has 2 rings (SSSR count). The smallest absolute Gasteiger partial charge is 0.169 e. The number of benzene rings is 1. The molecule has 0 aliphatic carbocycles. The van der Waals surface area contributed by atoms with E-state index in [1.165, 1.54) is 12.1 Å². The summed E-state index contributed by atoms with van der Waals surface area (Å²) < 4.78 is 13.6. The zero-order valence-corrected chi connectivity index (χ0v) is 9.66. The number of aromatic nitrogens is 1. The van der Waals surface area contributed by atoms with E-state index in [0.717, 1.165) is 0 Å². The number of halogens is 2. The summed E-state index contributed by atoms with van der Waals surface area (Å²) in [5, 5.41) is 18.4. The number of hydrogen-bond donors (Lipinski definition) is 1. The van der Waals surface area contributed by atoms with Gasteiger partial charge in [-0.25, -0.2) is 4.39 Å². The maximum atomic E-state index is 13.6. The highest BCUT2D eigenvalue weighted by atomic mass is 35.5. The maximum Gasteiger partial charge on any atom is 0.169 e. The van der Waals surface area contributed by atoms with Gasteiger partial charge in [-0.1, -0.05) is 17.7 Å². The van der Waals surface area contributed by atoms with Crippen molar-refractivity contribution in [3.05, 3.63) is 40.3 Å². The van der Waals surface area contributed by atoms with E-state index in [0.29, 0.717) is 11.2 Å². The lowest BCUT2D eigenvalue weighted by Crippen LogP contribution is -2.02. The quantitative estimate of drug-likeness (QED) is 0.792. The van der Waals surface area contributed by atoms with Crippen molar-refractivity contribution in [1.82, 2.24) is 4.98 Å². The fourth-order valence-corrected chi connectivity index (χ4v) is 2.17. The minimum Gasteiger partial charge on any atom is -0.374 e. The Hall–Kier alpha value is -1.70. The molecule has 0 aliphatic heterocycles. The number of nitriles is 1. The zero-order valence-electron chi connectivity index (χ0n) is 8.91. The summed E-state index contributed by atoms with van der Waals surface area (Å²) in [5.74, 6) is -0.522. The van der Waals surface area contributed by atoms with Gasteiger partial charge in [0.05, 0.1) is 22.0 Å². The second-order valence-corrected chi connectivity index (χ2v) is 3.97. The molecule has 0 radical (unpaired) electrons. The van der Waals surface area contributed by atoms with Gasteiger partial charge < -0.3 is 5.11 Å². The summed E-state index contributed by atoms with van der Waals surface area (Å²) in [4.78, 5) is 4.13. The van der Waals surface area contributed by atoms with Crippen LogP contribution in [0.5, 0.6) is 0 Å². The monoisotopic (exact) mass is 250 g/mol. The molecule has 0 spiro atoms. The van der Waals surface area contributed by atoms with E-state index < -0.39 is 11.9 Å². The first kappa shape index (κ1) is 11.8. The zero-order chi connectivity index (χ0) is 12.6. The molecule has 0 fully saturated rings. The first-order valence-corrected chi connectivity index (χ1v) is 5.26. The predicted octanol–water partition coefficient (Wildman–Crippen LogP) is 2.89. The number of aliphatic hydroxyl groups is 1. The van der Waals surface area contributed by atoms with E-state index in [1.54, 1.807) is 19.1 Å². The van der Waals surface area contributed by atoms with Crippen LogP contribution in [0.2, 0.25) is 5.02 Å². The van der Waals surface area contributed by atoms with Crippen LogP contribution >= 0.6 is 11.6 Å². The van der Waals surface area contributed by atoms with Crippen molar-refractivity contribution in [3.63, 3.8) is 0 Å². The Morgan fingerprint density at radius 1 is 1.53 bits per heavy atom. The highest BCUT2D eigenvalue weighted by Gasteiger charge is 2.19. The highest BCUT2D eigenvalue weighted by molar-refractivity contribution is 6.36. The van der Waals surface area contributed by atoms with E-state index >= 15 is 0 Å². The molecular formula is C12H8ClFN2O. The van der Waals surface area contributed by atoms with Crippen LogP contribution in [0.3, 0.4) is 0 Å². The van der Waals surface area contributed by atoms with Crippen molar-refractivity contribution < 1.29 is 9.50 Å². The molecule has 1 aromatic carbocycles. The number of aryl methyl sites for hydroxylation is 1. The van der Waals surface area contributed by atoms with Crippen LogP contribution in [0.1, 0.15) is 17.4 Å². The van der Waals surface area contributed by atoms with Crippen molar-refractivity contribution in [1.29, 1.82) is 5.26 Å². The normalized spacial score (nSPS) is 12.4. The molecule has 3 nitrogen and oxygen atoms in total. The third-order valence-corrected chi connectivity index (χ3v) is 2.91. The van der Waals surface area contributed by atoms with Crippen LogP contribution in [0.4, 0.5) is 4.39 Å². The number of pyridine rings is 1. The SMILES string of the molecule is Cc1nc2cccc(F)c2c(Cl)c1C(O)C#N. The van der Waals surface area contributed by atoms with Crippen molar-refractivity contribution >= 4 is 22.5 Å². The minimum atomic E-state index is -1.40. The summed E-state index contributed by atoms with van der Waals surface area (Å²) in [6.45, 7) is 1.62. The lowest BCUT2D eigenvalue weighted by atomic mass is 10.0. The summed E-state index contributed by atoms with van der Waals surface area (Å²) in [7, 11) is 0. The number of rotatable bonds is 1. The molecule has 86 valence electrons. The highest BCUT2D eigenvalue weighted by Crippen LogP contribution is 2.33. The summed E-state index contributed by atoms with van der Waals surface area (Å²) in [6, 6.07) is 6.07. The minimum absolute atomic E-state index is 0.0413. The van der Waals surface area contributed by atoms with Gasteiger partial charge in [0.25, 0.3) is 0 Å². The van der Waals surface area contributed by atoms with E-state index in [2.05, 4.69) is 4.98 Å². The Morgan fingerprint density at radius 2 is 2.24 bits per heavy atom. The number of hydrogen-bond acceptors (Lipinski definition) is 3. The molecule has 1 atom stereocenters. The molecule has 2 aromatic rings. The second-order valence-electron chi connectivity index (χ2n) is 3.59. The molecule has 1 aromatic heterocycles. The van der Waals surface area contributed by atoms with Crippen molar-refractivity contribution in [3.8, 4) is 6.07 Å². The Kier molecular flexibility index (Phi) is 2.97. The first-order valence-electron chi connectivity index (χ1n) is 4.88. The average Bonchev–Trinajstić information content (AvgIpc) is 2.28. The Balaban J connectivity index is 2.89. The van der Waals surface area contributed by atoms with Crippen LogP contribution in [0.15, 0.2) is 18.2 Å². The number of aliphatic hydroxyl groups excluding tert-OH is 1. The van der Waals surface area contributed by atoms with Crippen LogP contribution in [-0.2, 0) is 0 Å². The molecule has 1 heterocycles. The first-order chi connectivity index (χ1) is 8.06. The van der Waals surface area contributed by atoms with E-state index in [9.17, 15) is 9.50 Å². The average molecular weight is 251 g/mol. The van der Waals surface area contributed by atoms with Gasteiger partial charge in [0.1, 0.15) is 5.82 Å². The fraction of sp³-hybridized carbons (Fsp3) is 0.167. The van der Waals surface area contributed by atoms with Crippen LogP contribution in [-0.4, -0.2) is 10.1 Å². The van der Waals surface area contributed by atoms with Crippen molar-refractivity contribution in [2.24, 2.45) is 0 Å². The lowest BCUT2D eigenvalue weighted by molar-refractivity contribution is 0.235. The third kappa shape index (κ3) is 1.84. The summed E-state index contributed by atoms with van der Waals surface area (Å²) in [6.07, 6.45) is -1.40. The molecule has 5 heteroatoms. The van der Waals surface area contributed by atoms with Crippen molar-refractivity contribution in [2.75, 3.05) is 0 Å². The molecule has 0 saturated heterocycles. The number of nitrogens with zero attached hydrogens (tertiary/aromatic N) is 2. The van der Waals surface area contributed by atoms with Gasteiger partial charge >= 0.3 is 0 Å². The van der Waals surface area contributed by atoms with Gasteiger partial charge in [0, 0.05) is 11.3 Å². The lowest BCUT2D eigenvalue weighted by Gasteiger charge is -2.11. The van der Waals surface area contributed by atoms with Crippen LogP contribution < -0.4 is 0 Å². The van der Waals surface area contributed by atoms with Crippen LogP contribution in [0, 0.1) is 24.1 Å². The van der Waals surface area contributed by atoms with Crippen molar-refractivity contribution in [2.45, 2.75) is 13.0 Å². The summed E-state index contributed by atoms with van der Waals surface area (Å²) >= 11 is 6.03. The molecule has 0 bridgehead atoms. The van der Waals surface area contributed by atoms with E-state index in [4.69, 9.17) is 16.9 Å². The Morgan fingerprint density at radius 3 is 2.88 bits per heavy atom. The van der Waals surface area contributed by atoms with Gasteiger partial charge in [-0.05, 0) is 19.1 Å². The Bertz CT molecular complexity index is 636. The molecular weight excluding hydrogens is 243 g/mol. The van der Waals surface area contributed by atoms with E-state index in [-0.39, 0.29) is 16.0 Å². The molecule has 1 unspecified atom stereocenters.